The van der Waals surface area contributed by atoms with Gasteiger partial charge in [0.2, 0.25) is 0 Å². The number of carboxylic acid groups (broad SMARTS) is 1. The molecule has 2 bridgehead atoms. The minimum absolute atomic E-state index is 0.0970. The molecule has 3 aliphatic rings. The molecule has 1 heterocycles. The molecule has 5 unspecified atom stereocenters. The molecule has 118 valence electrons. The van der Waals surface area contributed by atoms with Gasteiger partial charge in [-0.05, 0) is 50.4 Å². The van der Waals surface area contributed by atoms with Crippen LogP contribution < -0.4 is 10.6 Å². The predicted molar refractivity (Wildman–Crippen MR) is 75.9 cm³/mol. The van der Waals surface area contributed by atoms with Gasteiger partial charge in [-0.3, -0.25) is 4.79 Å². The Morgan fingerprint density at radius 1 is 1.14 bits per heavy atom. The van der Waals surface area contributed by atoms with E-state index >= 15 is 0 Å². The third-order valence-corrected chi connectivity index (χ3v) is 5.26. The highest BCUT2D eigenvalue weighted by Crippen LogP contribution is 2.48. The van der Waals surface area contributed by atoms with Gasteiger partial charge in [0.05, 0.1) is 12.0 Å². The van der Waals surface area contributed by atoms with Crippen molar-refractivity contribution in [2.75, 3.05) is 13.2 Å². The van der Waals surface area contributed by atoms with Crippen molar-refractivity contribution in [3.05, 3.63) is 0 Å². The summed E-state index contributed by atoms with van der Waals surface area (Å²) in [6.07, 6.45) is 6.26. The van der Waals surface area contributed by atoms with Crippen LogP contribution in [-0.2, 0) is 9.53 Å². The molecule has 2 aliphatic carbocycles. The molecule has 21 heavy (non-hydrogen) atoms. The number of ether oxygens (including phenoxy) is 1. The van der Waals surface area contributed by atoms with Crippen LogP contribution in [0.15, 0.2) is 0 Å². The van der Waals surface area contributed by atoms with E-state index in [0.717, 1.165) is 45.1 Å². The van der Waals surface area contributed by atoms with Crippen molar-refractivity contribution in [3.8, 4) is 0 Å². The van der Waals surface area contributed by atoms with Gasteiger partial charge in [0.15, 0.2) is 0 Å². The van der Waals surface area contributed by atoms with Gasteiger partial charge in [-0.25, -0.2) is 4.79 Å². The third kappa shape index (κ3) is 3.15. The van der Waals surface area contributed by atoms with Crippen molar-refractivity contribution in [3.63, 3.8) is 0 Å². The third-order valence-electron chi connectivity index (χ3n) is 5.26. The van der Waals surface area contributed by atoms with Crippen molar-refractivity contribution in [1.29, 1.82) is 0 Å². The van der Waals surface area contributed by atoms with E-state index in [0.29, 0.717) is 12.5 Å². The predicted octanol–water partition coefficient (Wildman–Crippen LogP) is 1.35. The summed E-state index contributed by atoms with van der Waals surface area (Å²) < 4.78 is 5.57. The Balaban J connectivity index is 1.48. The van der Waals surface area contributed by atoms with Gasteiger partial charge in [0.25, 0.3) is 0 Å². The van der Waals surface area contributed by atoms with Crippen molar-refractivity contribution in [1.82, 2.24) is 10.6 Å². The summed E-state index contributed by atoms with van der Waals surface area (Å²) in [5.41, 5.74) is 0. The molecule has 3 rings (SSSR count). The molecular weight excluding hydrogens is 272 g/mol. The SMILES string of the molecule is O=C(NCC1CCCCO1)NC1C2CCC(C2)C1C(=O)O. The molecule has 0 aromatic heterocycles. The summed E-state index contributed by atoms with van der Waals surface area (Å²) >= 11 is 0. The minimum atomic E-state index is -0.775. The van der Waals surface area contributed by atoms with E-state index < -0.39 is 11.9 Å². The molecule has 6 heteroatoms. The molecule has 3 N–H and O–H groups in total. The van der Waals surface area contributed by atoms with Gasteiger partial charge < -0.3 is 20.5 Å². The lowest BCUT2D eigenvalue weighted by Gasteiger charge is -2.29. The highest BCUT2D eigenvalue weighted by molar-refractivity contribution is 5.77. The average Bonchev–Trinajstić information content (AvgIpc) is 3.07. The lowest BCUT2D eigenvalue weighted by molar-refractivity contribution is -0.144. The number of nitrogens with one attached hydrogen (secondary N) is 2. The topological polar surface area (TPSA) is 87.7 Å². The van der Waals surface area contributed by atoms with Crippen molar-refractivity contribution in [2.24, 2.45) is 17.8 Å². The number of carbonyl (C=O) groups excluding carboxylic acids is 1. The first kappa shape index (κ1) is 14.6. The minimum Gasteiger partial charge on any atom is -0.481 e. The van der Waals surface area contributed by atoms with Gasteiger partial charge >= 0.3 is 12.0 Å². The van der Waals surface area contributed by atoms with Crippen molar-refractivity contribution < 1.29 is 19.4 Å². The Hall–Kier alpha value is -1.30. The van der Waals surface area contributed by atoms with Crippen LogP contribution in [0.3, 0.4) is 0 Å². The lowest BCUT2D eigenvalue weighted by Crippen LogP contribution is -2.51. The van der Waals surface area contributed by atoms with Crippen LogP contribution in [0.25, 0.3) is 0 Å². The van der Waals surface area contributed by atoms with Gasteiger partial charge in [0.1, 0.15) is 0 Å². The van der Waals surface area contributed by atoms with Crippen LogP contribution in [-0.4, -0.2) is 42.4 Å². The van der Waals surface area contributed by atoms with E-state index in [-0.39, 0.29) is 24.1 Å². The number of aliphatic carboxylic acids is 1. The van der Waals surface area contributed by atoms with E-state index in [4.69, 9.17) is 4.74 Å². The zero-order valence-electron chi connectivity index (χ0n) is 12.2. The Morgan fingerprint density at radius 2 is 1.95 bits per heavy atom. The molecule has 2 amide bonds. The van der Waals surface area contributed by atoms with E-state index in [2.05, 4.69) is 10.6 Å². The fourth-order valence-corrected chi connectivity index (χ4v) is 4.23. The van der Waals surface area contributed by atoms with Crippen LogP contribution in [0.2, 0.25) is 0 Å². The molecule has 1 aliphatic heterocycles. The van der Waals surface area contributed by atoms with Crippen LogP contribution in [0, 0.1) is 17.8 Å². The van der Waals surface area contributed by atoms with Gasteiger partial charge in [-0.2, -0.15) is 0 Å². The quantitative estimate of drug-likeness (QED) is 0.731. The Labute approximate surface area is 124 Å². The molecule has 0 radical (unpaired) electrons. The number of carboxylic acids is 1. The van der Waals surface area contributed by atoms with Gasteiger partial charge in [0, 0.05) is 19.2 Å². The van der Waals surface area contributed by atoms with Gasteiger partial charge in [-0.1, -0.05) is 0 Å². The molecule has 0 spiro atoms. The number of rotatable bonds is 4. The fraction of sp³-hybridized carbons (Fsp3) is 0.867. The molecule has 0 aromatic carbocycles. The summed E-state index contributed by atoms with van der Waals surface area (Å²) in [4.78, 5) is 23.4. The van der Waals surface area contributed by atoms with E-state index in [1.807, 2.05) is 0 Å². The number of urea groups is 1. The molecule has 6 nitrogen and oxygen atoms in total. The second-order valence-corrected chi connectivity index (χ2v) is 6.57. The second kappa shape index (κ2) is 6.22. The van der Waals surface area contributed by atoms with Crippen molar-refractivity contribution in [2.45, 2.75) is 50.7 Å². The highest BCUT2D eigenvalue weighted by atomic mass is 16.5. The molecule has 2 saturated carbocycles. The Morgan fingerprint density at radius 3 is 2.67 bits per heavy atom. The van der Waals surface area contributed by atoms with Crippen LogP contribution in [0.1, 0.15) is 38.5 Å². The molecule has 3 fully saturated rings. The maximum atomic E-state index is 12.0. The van der Waals surface area contributed by atoms with E-state index in [1.54, 1.807) is 0 Å². The number of hydrogen-bond donors (Lipinski definition) is 3. The lowest BCUT2D eigenvalue weighted by atomic mass is 9.84. The highest BCUT2D eigenvalue weighted by Gasteiger charge is 2.51. The number of fused-ring (bicyclic) bond motifs is 2. The first-order valence-electron chi connectivity index (χ1n) is 8.04. The first-order chi connectivity index (χ1) is 10.1. The van der Waals surface area contributed by atoms with Gasteiger partial charge in [-0.15, -0.1) is 0 Å². The zero-order chi connectivity index (χ0) is 14.8. The number of hydrogen-bond acceptors (Lipinski definition) is 3. The zero-order valence-corrected chi connectivity index (χ0v) is 12.2. The van der Waals surface area contributed by atoms with Crippen LogP contribution >= 0.6 is 0 Å². The standard InChI is InChI=1S/C15H24N2O4/c18-14(19)12-9-4-5-10(7-9)13(12)17-15(20)16-8-11-3-1-2-6-21-11/h9-13H,1-8H2,(H,18,19)(H2,16,17,20). The second-order valence-electron chi connectivity index (χ2n) is 6.57. The summed E-state index contributed by atoms with van der Waals surface area (Å²) in [6, 6.07) is -0.471. The monoisotopic (exact) mass is 296 g/mol. The summed E-state index contributed by atoms with van der Waals surface area (Å²) in [5, 5.41) is 15.1. The summed E-state index contributed by atoms with van der Waals surface area (Å²) in [7, 11) is 0. The maximum Gasteiger partial charge on any atom is 0.315 e. The Bertz CT molecular complexity index is 408. The van der Waals surface area contributed by atoms with E-state index in [9.17, 15) is 14.7 Å². The molecule has 1 saturated heterocycles. The summed E-state index contributed by atoms with van der Waals surface area (Å²) in [5.74, 6) is -0.629. The van der Waals surface area contributed by atoms with Crippen LogP contribution in [0.4, 0.5) is 4.79 Å². The van der Waals surface area contributed by atoms with Crippen LogP contribution in [0.5, 0.6) is 0 Å². The summed E-state index contributed by atoms with van der Waals surface area (Å²) in [6.45, 7) is 1.27. The average molecular weight is 296 g/mol. The van der Waals surface area contributed by atoms with E-state index in [1.165, 1.54) is 0 Å². The Kier molecular flexibility index (Phi) is 4.33. The number of amides is 2. The molecule has 0 aromatic rings. The normalized spacial score (nSPS) is 38.2. The first-order valence-corrected chi connectivity index (χ1v) is 8.04. The smallest absolute Gasteiger partial charge is 0.315 e. The molecular formula is C15H24N2O4. The van der Waals surface area contributed by atoms with Crippen molar-refractivity contribution >= 4 is 12.0 Å². The fourth-order valence-electron chi connectivity index (χ4n) is 4.23. The number of carbonyl (C=O) groups is 2. The molecule has 5 atom stereocenters. The maximum absolute atomic E-state index is 12.0. The largest absolute Gasteiger partial charge is 0.481 e.